The number of aromatic nitrogens is 12. The molecule has 0 aliphatic rings. The lowest BCUT2D eigenvalue weighted by atomic mass is 9.96. The molecule has 6 heterocycles. The van der Waals surface area contributed by atoms with Crippen LogP contribution in [0.25, 0.3) is 207 Å². The highest BCUT2D eigenvalue weighted by atomic mass is 15.1. The van der Waals surface area contributed by atoms with Gasteiger partial charge in [-0.25, -0.2) is 44.9 Å². The molecule has 6 aromatic heterocycles. The maximum Gasteiger partial charge on any atom is 0.164 e. The highest BCUT2D eigenvalue weighted by molar-refractivity contribution is 6.14. The first kappa shape index (κ1) is 86.4. The van der Waals surface area contributed by atoms with Crippen molar-refractivity contribution in [2.75, 3.05) is 0 Å². The lowest BCUT2D eigenvalue weighted by Crippen LogP contribution is -2.02. The van der Waals surface area contributed by atoms with Crippen molar-refractivity contribution in [3.05, 3.63) is 443 Å². The van der Waals surface area contributed by atoms with E-state index < -0.39 is 0 Å². The van der Waals surface area contributed by atoms with Gasteiger partial charge in [-0.1, -0.05) is 300 Å². The number of rotatable bonds is 14. The molecule has 0 N–H and O–H groups in total. The zero-order valence-corrected chi connectivity index (χ0v) is 77.5. The lowest BCUT2D eigenvalue weighted by Gasteiger charge is -2.13. The van der Waals surface area contributed by atoms with Crippen LogP contribution in [0.15, 0.2) is 376 Å². The van der Waals surface area contributed by atoms with Gasteiger partial charge in [0.25, 0.3) is 0 Å². The molecule has 23 rings (SSSR count). The molecule has 0 radical (unpaired) electrons. The molecule has 0 aliphatic carbocycles. The SMILES string of the molecule is Cc1cc(C)cc(-c2ccc3c(c2)c2ccccc2n3-c2cc(-c3nc(-c4ccccc4)nc(-c4ccccc4)n3)ccc2C#N)c1.Cc1cc(C)cc(-c2ccc3c4ccccc4n(-c4cc(-c5nc(C)nc(C)n5)ccc4C#N)c3c2)c1.Cc1ccc(-c2ccc3c(c2)c2cc(-c4ccc(C)cc4C)ccc2n3-c2cc(-c3nc(-c4ccccc4)nc(-c4ccccc4)n3)ccc2C#N)cc1. The summed E-state index contributed by atoms with van der Waals surface area (Å²) in [5, 5.41) is 37.8. The molecule has 0 fully saturated rings. The first-order valence-corrected chi connectivity index (χ1v) is 45.9. The smallest absolute Gasteiger partial charge is 0.164 e. The summed E-state index contributed by atoms with van der Waals surface area (Å²) in [6, 6.07) is 136. The lowest BCUT2D eigenvalue weighted by molar-refractivity contribution is 0.928. The monoisotopic (exact) mass is 1780 g/mol. The van der Waals surface area contributed by atoms with Crippen molar-refractivity contribution in [1.29, 1.82) is 15.8 Å². The number of fused-ring (bicyclic) bond motifs is 9. The minimum Gasteiger partial charge on any atom is -0.308 e. The van der Waals surface area contributed by atoms with Gasteiger partial charge in [-0.05, 0) is 222 Å². The summed E-state index contributed by atoms with van der Waals surface area (Å²) in [5.74, 6) is 5.38. The molecular weight excluding hydrogens is 1690 g/mol. The molecule has 0 aliphatic heterocycles. The van der Waals surface area contributed by atoms with Gasteiger partial charge in [0.2, 0.25) is 0 Å². The summed E-state index contributed by atoms with van der Waals surface area (Å²) in [7, 11) is 0. The predicted octanol–water partition coefficient (Wildman–Crippen LogP) is 29.6. The quantitative estimate of drug-likeness (QED) is 0.0998. The first-order chi connectivity index (χ1) is 67.4. The highest BCUT2D eigenvalue weighted by Gasteiger charge is 2.25. The second-order valence-corrected chi connectivity index (χ2v) is 35.3. The van der Waals surface area contributed by atoms with Gasteiger partial charge < -0.3 is 13.7 Å². The molecule has 656 valence electrons. The van der Waals surface area contributed by atoms with Crippen LogP contribution in [0, 0.1) is 96.3 Å². The summed E-state index contributed by atoms with van der Waals surface area (Å²) < 4.78 is 6.60. The standard InChI is InChI=1S/C49H35N5.C42H29N5.C32H25N5/c1-31-14-17-34(18-15-31)37-21-24-44-42(27-37)43-28-38(41-23-16-32(2)26-33(41)3)22-25-45(43)54(44)46-29-39(19-20-40(46)30-50)49-52-47(35-10-6-4-7-11-35)51-48(53-49)36-12-8-5-9-13-36;1-27-21-28(2)23-34(22-27)31-19-20-38-36(24-31)35-15-9-10-16-37(35)47(38)39-25-32(17-18-33(39)26-43)42-45-40(29-11-5-3-6-12-29)44-41(46-42)30-13-7-4-8-14-30;1-19-13-20(2)15-26(14-19)23-11-12-28-27-7-5-6-8-29(27)37(31(28)16-23)30-17-24(9-10-25(30)18-33)32-35-21(3)34-22(4)36-32/h4-29H,1-3H3;3-25H,1-2H3;5-17H,1-4H3. The van der Waals surface area contributed by atoms with Crippen molar-refractivity contribution < 1.29 is 0 Å². The molecule has 0 bridgehead atoms. The van der Waals surface area contributed by atoms with Gasteiger partial charge in [0, 0.05) is 71.3 Å². The second kappa shape index (κ2) is 36.7. The molecule has 0 saturated heterocycles. The van der Waals surface area contributed by atoms with E-state index in [0.717, 1.165) is 149 Å². The molecule has 0 atom stereocenters. The Labute approximate surface area is 799 Å². The number of para-hydroxylation sites is 2. The summed E-state index contributed by atoms with van der Waals surface area (Å²) in [6.45, 7) is 18.7. The van der Waals surface area contributed by atoms with Crippen LogP contribution in [0.2, 0.25) is 0 Å². The van der Waals surface area contributed by atoms with E-state index in [9.17, 15) is 15.8 Å². The Hall–Kier alpha value is -18.4. The van der Waals surface area contributed by atoms with E-state index in [4.69, 9.17) is 29.9 Å². The Morgan fingerprint density at radius 2 is 0.478 bits per heavy atom. The van der Waals surface area contributed by atoms with Crippen molar-refractivity contribution in [1.82, 2.24) is 58.6 Å². The van der Waals surface area contributed by atoms with Gasteiger partial charge in [0.05, 0.1) is 66.9 Å². The molecule has 15 nitrogen and oxygen atoms in total. The average Bonchev–Trinajstić information content (AvgIpc) is 1.59. The number of benzene rings is 17. The topological polar surface area (TPSA) is 202 Å². The first-order valence-electron chi connectivity index (χ1n) is 45.9. The predicted molar refractivity (Wildman–Crippen MR) is 559 cm³/mol. The number of nitriles is 3. The van der Waals surface area contributed by atoms with Crippen LogP contribution in [0.3, 0.4) is 0 Å². The van der Waals surface area contributed by atoms with E-state index in [2.05, 4.69) is 283 Å². The normalized spacial score (nSPS) is 11.2. The van der Waals surface area contributed by atoms with Crippen molar-refractivity contribution >= 4 is 65.4 Å². The molecule has 0 amide bonds. The van der Waals surface area contributed by atoms with Gasteiger partial charge in [-0.15, -0.1) is 0 Å². The van der Waals surface area contributed by atoms with Gasteiger partial charge in [-0.2, -0.15) is 15.8 Å². The summed E-state index contributed by atoms with van der Waals surface area (Å²) in [5.41, 5.74) is 34.3. The van der Waals surface area contributed by atoms with Crippen LogP contribution in [-0.4, -0.2) is 58.6 Å². The van der Waals surface area contributed by atoms with Gasteiger partial charge >= 0.3 is 0 Å². The molecule has 0 unspecified atom stereocenters. The molecule has 0 spiro atoms. The third-order valence-corrected chi connectivity index (χ3v) is 25.4. The Bertz CT molecular complexity index is 8720. The van der Waals surface area contributed by atoms with Crippen LogP contribution in [0.1, 0.15) is 67.3 Å². The fourth-order valence-corrected chi connectivity index (χ4v) is 19.1. The summed E-state index contributed by atoms with van der Waals surface area (Å²) in [6.07, 6.45) is 0. The summed E-state index contributed by atoms with van der Waals surface area (Å²) in [4.78, 5) is 43.1. The van der Waals surface area contributed by atoms with Gasteiger partial charge in [0.1, 0.15) is 29.9 Å². The second-order valence-electron chi connectivity index (χ2n) is 35.3. The minimum absolute atomic E-state index is 0.535. The maximum atomic E-state index is 10.6. The third-order valence-electron chi connectivity index (χ3n) is 25.4. The highest BCUT2D eigenvalue weighted by Crippen LogP contribution is 2.44. The largest absolute Gasteiger partial charge is 0.308 e. The number of aryl methyl sites for hydroxylation is 9. The molecule has 23 aromatic rings. The van der Waals surface area contributed by atoms with E-state index in [0.29, 0.717) is 69.1 Å². The van der Waals surface area contributed by atoms with Crippen molar-refractivity contribution in [2.24, 2.45) is 0 Å². The molecule has 138 heavy (non-hydrogen) atoms. The Kier molecular flexibility index (Phi) is 22.9. The van der Waals surface area contributed by atoms with Crippen molar-refractivity contribution in [2.45, 2.75) is 62.3 Å². The zero-order chi connectivity index (χ0) is 94.3. The molecule has 15 heteroatoms. The van der Waals surface area contributed by atoms with E-state index >= 15 is 0 Å². The van der Waals surface area contributed by atoms with Gasteiger partial charge in [0.15, 0.2) is 40.8 Å². The molecule has 17 aromatic carbocycles. The van der Waals surface area contributed by atoms with Crippen LogP contribution >= 0.6 is 0 Å². The minimum atomic E-state index is 0.535. The molecular formula is C123H89N15. The van der Waals surface area contributed by atoms with Crippen LogP contribution in [0.5, 0.6) is 0 Å². The van der Waals surface area contributed by atoms with E-state index in [1.54, 1.807) is 0 Å². The Morgan fingerprint density at radius 3 is 0.884 bits per heavy atom. The van der Waals surface area contributed by atoms with E-state index in [-0.39, 0.29) is 0 Å². The van der Waals surface area contributed by atoms with Crippen molar-refractivity contribution in [3.8, 4) is 159 Å². The number of hydrogen-bond acceptors (Lipinski definition) is 12. The molecule has 0 saturated carbocycles. The summed E-state index contributed by atoms with van der Waals surface area (Å²) >= 11 is 0. The van der Waals surface area contributed by atoms with Crippen LogP contribution in [0.4, 0.5) is 0 Å². The van der Waals surface area contributed by atoms with E-state index in [1.807, 2.05) is 202 Å². The average molecular weight is 1780 g/mol. The van der Waals surface area contributed by atoms with Crippen LogP contribution in [-0.2, 0) is 0 Å². The van der Waals surface area contributed by atoms with Crippen LogP contribution < -0.4 is 0 Å². The fourth-order valence-electron chi connectivity index (χ4n) is 19.1. The Balaban J connectivity index is 0.000000125. The fraction of sp³-hybridized carbons (Fsp3) is 0.0732. The third kappa shape index (κ3) is 16.9. The Morgan fingerprint density at radius 1 is 0.181 bits per heavy atom. The maximum absolute atomic E-state index is 10.6. The number of nitrogens with zero attached hydrogens (tertiary/aromatic N) is 15. The zero-order valence-electron chi connectivity index (χ0n) is 77.5. The van der Waals surface area contributed by atoms with Gasteiger partial charge in [-0.3, -0.25) is 0 Å². The van der Waals surface area contributed by atoms with Crippen molar-refractivity contribution in [3.63, 3.8) is 0 Å². The number of hydrogen-bond donors (Lipinski definition) is 0. The van der Waals surface area contributed by atoms with E-state index in [1.165, 1.54) is 55.6 Å².